The summed E-state index contributed by atoms with van der Waals surface area (Å²) in [6.45, 7) is 14.5. The molecule has 0 aliphatic carbocycles. The summed E-state index contributed by atoms with van der Waals surface area (Å²) in [4.78, 5) is 13.4. The van der Waals surface area contributed by atoms with E-state index in [1.165, 1.54) is 11.8 Å². The second kappa shape index (κ2) is 7.97. The molecule has 0 radical (unpaired) electrons. The van der Waals surface area contributed by atoms with E-state index in [2.05, 4.69) is 6.58 Å². The van der Waals surface area contributed by atoms with Crippen LogP contribution in [0.25, 0.3) is 0 Å². The van der Waals surface area contributed by atoms with E-state index in [-0.39, 0.29) is 6.09 Å². The standard InChI is InChI=1S/C11H20N2O2.C4H8/c1-11(2,3)15-10(14)13-6-4-9(8-12)5-7-13;1-4(2)3/h8-9,12H,4-7H2,1-3H3;1H2,2-3H3. The summed E-state index contributed by atoms with van der Waals surface area (Å²) < 4.78 is 5.28. The van der Waals surface area contributed by atoms with E-state index in [0.29, 0.717) is 19.0 Å². The zero-order valence-corrected chi connectivity index (χ0v) is 13.0. The van der Waals surface area contributed by atoms with Gasteiger partial charge in [0.1, 0.15) is 5.60 Å². The molecule has 0 bridgehead atoms. The quantitative estimate of drug-likeness (QED) is 0.580. The molecule has 1 fully saturated rings. The molecule has 1 rings (SSSR count). The number of carbonyl (C=O) groups excluding carboxylic acids is 1. The Morgan fingerprint density at radius 1 is 1.32 bits per heavy atom. The fraction of sp³-hybridized carbons (Fsp3) is 0.733. The van der Waals surface area contributed by atoms with E-state index >= 15 is 0 Å². The maximum Gasteiger partial charge on any atom is 0.410 e. The van der Waals surface area contributed by atoms with Crippen molar-refractivity contribution in [2.75, 3.05) is 13.1 Å². The number of hydrogen-bond donors (Lipinski definition) is 1. The number of hydrogen-bond acceptors (Lipinski definition) is 3. The first-order chi connectivity index (χ1) is 8.65. The zero-order chi connectivity index (χ0) is 15.1. The van der Waals surface area contributed by atoms with E-state index in [1.807, 2.05) is 34.6 Å². The first-order valence-electron chi connectivity index (χ1n) is 6.76. The molecular weight excluding hydrogens is 240 g/mol. The Hall–Kier alpha value is -1.32. The van der Waals surface area contributed by atoms with Gasteiger partial charge in [-0.05, 0) is 59.6 Å². The second-order valence-electron chi connectivity index (χ2n) is 6.18. The van der Waals surface area contributed by atoms with Crippen LogP contribution in [0.15, 0.2) is 12.2 Å². The highest BCUT2D eigenvalue weighted by Crippen LogP contribution is 2.17. The van der Waals surface area contributed by atoms with Crippen molar-refractivity contribution in [3.8, 4) is 0 Å². The summed E-state index contributed by atoms with van der Waals surface area (Å²) in [7, 11) is 0. The van der Waals surface area contributed by atoms with Crippen molar-refractivity contribution in [2.45, 2.75) is 53.1 Å². The van der Waals surface area contributed by atoms with Crippen LogP contribution in [0.1, 0.15) is 47.5 Å². The van der Waals surface area contributed by atoms with Gasteiger partial charge in [0.25, 0.3) is 0 Å². The van der Waals surface area contributed by atoms with Gasteiger partial charge < -0.3 is 15.0 Å². The molecule has 0 aromatic carbocycles. The van der Waals surface area contributed by atoms with Crippen LogP contribution in [0.5, 0.6) is 0 Å². The van der Waals surface area contributed by atoms with Crippen molar-refractivity contribution in [3.63, 3.8) is 0 Å². The Balaban J connectivity index is 0.000000711. The number of carbonyl (C=O) groups is 1. The molecule has 0 atom stereocenters. The summed E-state index contributed by atoms with van der Waals surface area (Å²) in [5.74, 6) is 0.337. The summed E-state index contributed by atoms with van der Waals surface area (Å²) in [6, 6.07) is 0. The van der Waals surface area contributed by atoms with Gasteiger partial charge in [0.05, 0.1) is 0 Å². The predicted octanol–water partition coefficient (Wildman–Crippen LogP) is 3.87. The lowest BCUT2D eigenvalue weighted by Crippen LogP contribution is -2.41. The summed E-state index contributed by atoms with van der Waals surface area (Å²) >= 11 is 0. The monoisotopic (exact) mass is 268 g/mol. The largest absolute Gasteiger partial charge is 0.444 e. The minimum atomic E-state index is -0.421. The minimum Gasteiger partial charge on any atom is -0.444 e. The van der Waals surface area contributed by atoms with E-state index in [1.54, 1.807) is 4.90 Å². The molecule has 0 aromatic rings. The molecule has 1 heterocycles. The van der Waals surface area contributed by atoms with Crippen molar-refractivity contribution in [3.05, 3.63) is 12.2 Å². The lowest BCUT2D eigenvalue weighted by Gasteiger charge is -2.32. The zero-order valence-electron chi connectivity index (χ0n) is 13.0. The number of ether oxygens (including phenoxy) is 1. The number of allylic oxidation sites excluding steroid dienone is 1. The smallest absolute Gasteiger partial charge is 0.410 e. The number of nitrogens with zero attached hydrogens (tertiary/aromatic N) is 1. The van der Waals surface area contributed by atoms with Crippen LogP contribution < -0.4 is 0 Å². The normalized spacial score (nSPS) is 16.2. The predicted molar refractivity (Wildman–Crippen MR) is 79.8 cm³/mol. The Morgan fingerprint density at radius 3 is 2.05 bits per heavy atom. The van der Waals surface area contributed by atoms with Crippen molar-refractivity contribution < 1.29 is 9.53 Å². The first kappa shape index (κ1) is 17.7. The lowest BCUT2D eigenvalue weighted by molar-refractivity contribution is 0.0203. The van der Waals surface area contributed by atoms with Crippen LogP contribution in [0, 0.1) is 11.3 Å². The highest BCUT2D eigenvalue weighted by atomic mass is 16.6. The highest BCUT2D eigenvalue weighted by molar-refractivity contribution is 5.68. The van der Waals surface area contributed by atoms with Crippen LogP contribution in [-0.2, 0) is 4.74 Å². The van der Waals surface area contributed by atoms with Gasteiger partial charge in [0, 0.05) is 13.1 Å². The summed E-state index contributed by atoms with van der Waals surface area (Å²) in [6.07, 6.45) is 3.00. The maximum absolute atomic E-state index is 11.7. The van der Waals surface area contributed by atoms with Crippen LogP contribution in [-0.4, -0.2) is 35.9 Å². The average Bonchev–Trinajstić information content (AvgIpc) is 2.26. The number of amides is 1. The second-order valence-corrected chi connectivity index (χ2v) is 6.18. The fourth-order valence-electron chi connectivity index (χ4n) is 1.58. The van der Waals surface area contributed by atoms with Crippen molar-refractivity contribution in [2.24, 2.45) is 5.92 Å². The van der Waals surface area contributed by atoms with Gasteiger partial charge in [-0.15, -0.1) is 6.58 Å². The molecule has 0 aromatic heterocycles. The SMILES string of the molecule is C=C(C)C.CC(C)(C)OC(=O)N1CCC(C=N)CC1. The van der Waals surface area contributed by atoms with Crippen LogP contribution in [0.2, 0.25) is 0 Å². The van der Waals surface area contributed by atoms with Crippen molar-refractivity contribution in [1.29, 1.82) is 5.41 Å². The maximum atomic E-state index is 11.7. The van der Waals surface area contributed by atoms with Crippen molar-refractivity contribution >= 4 is 12.3 Å². The molecule has 4 heteroatoms. The molecular formula is C15H28N2O2. The minimum absolute atomic E-state index is 0.231. The third-order valence-electron chi connectivity index (χ3n) is 2.43. The van der Waals surface area contributed by atoms with Gasteiger partial charge in [-0.2, -0.15) is 0 Å². The molecule has 19 heavy (non-hydrogen) atoms. The number of nitrogens with one attached hydrogen (secondary N) is 1. The highest BCUT2D eigenvalue weighted by Gasteiger charge is 2.25. The average molecular weight is 268 g/mol. The Kier molecular flexibility index (Phi) is 7.42. The van der Waals surface area contributed by atoms with Gasteiger partial charge >= 0.3 is 6.09 Å². The number of piperidine rings is 1. The Bertz CT molecular complexity index is 307. The molecule has 110 valence electrons. The fourth-order valence-corrected chi connectivity index (χ4v) is 1.58. The summed E-state index contributed by atoms with van der Waals surface area (Å²) in [5.41, 5.74) is 0.746. The van der Waals surface area contributed by atoms with E-state index in [9.17, 15) is 4.79 Å². The van der Waals surface area contributed by atoms with Crippen LogP contribution in [0.3, 0.4) is 0 Å². The molecule has 1 aliphatic rings. The number of rotatable bonds is 1. The van der Waals surface area contributed by atoms with E-state index in [0.717, 1.165) is 12.8 Å². The van der Waals surface area contributed by atoms with Gasteiger partial charge in [0.2, 0.25) is 0 Å². The van der Waals surface area contributed by atoms with Gasteiger partial charge in [0.15, 0.2) is 0 Å². The first-order valence-corrected chi connectivity index (χ1v) is 6.76. The molecule has 1 aliphatic heterocycles. The number of likely N-dealkylation sites (tertiary alicyclic amines) is 1. The summed E-state index contributed by atoms with van der Waals surface area (Å²) in [5, 5.41) is 7.15. The molecule has 1 N–H and O–H groups in total. The molecule has 1 saturated heterocycles. The van der Waals surface area contributed by atoms with Gasteiger partial charge in [-0.25, -0.2) is 4.79 Å². The third kappa shape index (κ3) is 9.28. The lowest BCUT2D eigenvalue weighted by atomic mass is 9.99. The van der Waals surface area contributed by atoms with E-state index < -0.39 is 5.60 Å². The Labute approximate surface area is 117 Å². The molecule has 0 saturated carbocycles. The Morgan fingerprint density at radius 2 is 1.74 bits per heavy atom. The molecule has 0 unspecified atom stereocenters. The van der Waals surface area contributed by atoms with Crippen LogP contribution in [0.4, 0.5) is 4.79 Å². The molecule has 1 amide bonds. The van der Waals surface area contributed by atoms with Crippen molar-refractivity contribution in [1.82, 2.24) is 4.90 Å². The van der Waals surface area contributed by atoms with Gasteiger partial charge in [-0.1, -0.05) is 5.57 Å². The topological polar surface area (TPSA) is 53.4 Å². The van der Waals surface area contributed by atoms with Crippen LogP contribution >= 0.6 is 0 Å². The molecule has 0 spiro atoms. The molecule has 4 nitrogen and oxygen atoms in total. The third-order valence-corrected chi connectivity index (χ3v) is 2.43. The van der Waals surface area contributed by atoms with Gasteiger partial charge in [-0.3, -0.25) is 0 Å². The van der Waals surface area contributed by atoms with E-state index in [4.69, 9.17) is 10.1 Å².